The maximum atomic E-state index is 12.5. The van der Waals surface area contributed by atoms with Crippen molar-refractivity contribution in [1.82, 2.24) is 15.5 Å². The summed E-state index contributed by atoms with van der Waals surface area (Å²) in [6, 6.07) is 4.43. The van der Waals surface area contributed by atoms with Crippen molar-refractivity contribution < 1.29 is 28.6 Å². The molecular weight excluding hydrogens is 506 g/mol. The van der Waals surface area contributed by atoms with Crippen LogP contribution in [0.4, 0.5) is 0 Å². The third-order valence-corrected chi connectivity index (χ3v) is 6.61. The fraction of sp³-hybridized carbons (Fsp3) is 0.571. The summed E-state index contributed by atoms with van der Waals surface area (Å²) in [4.78, 5) is 39.0. The third-order valence-electron chi connectivity index (χ3n) is 6.28. The second kappa shape index (κ2) is 17.4. The molecule has 0 bridgehead atoms. The third kappa shape index (κ3) is 10.7. The SMILES string of the molecule is CCCCCCCCCCOC(=O)CC1C(=O)NCCN1C(=S)NC(=O)/C=C/c1ccc(OC)c(OC)c1. The largest absolute Gasteiger partial charge is 0.493 e. The number of methoxy groups -OCH3 is 2. The predicted molar refractivity (Wildman–Crippen MR) is 151 cm³/mol. The number of amides is 2. The minimum atomic E-state index is -0.836. The predicted octanol–water partition coefficient (Wildman–Crippen LogP) is 3.99. The number of carbonyl (C=O) groups excluding carboxylic acids is 3. The minimum Gasteiger partial charge on any atom is -0.493 e. The number of hydrogen-bond donors (Lipinski definition) is 2. The molecule has 0 radical (unpaired) electrons. The summed E-state index contributed by atoms with van der Waals surface area (Å²) < 4.78 is 15.9. The number of nitrogens with one attached hydrogen (secondary N) is 2. The Morgan fingerprint density at radius 2 is 1.76 bits per heavy atom. The molecule has 1 heterocycles. The van der Waals surface area contributed by atoms with Gasteiger partial charge in [-0.15, -0.1) is 0 Å². The second-order valence-electron chi connectivity index (χ2n) is 9.14. The maximum Gasteiger partial charge on any atom is 0.308 e. The Hall–Kier alpha value is -3.14. The lowest BCUT2D eigenvalue weighted by Crippen LogP contribution is -2.60. The number of esters is 1. The van der Waals surface area contributed by atoms with E-state index in [1.165, 1.54) is 45.3 Å². The van der Waals surface area contributed by atoms with Gasteiger partial charge in [0.05, 0.1) is 27.2 Å². The molecule has 1 aromatic rings. The zero-order chi connectivity index (χ0) is 27.8. The van der Waals surface area contributed by atoms with E-state index in [1.54, 1.807) is 36.3 Å². The molecule has 1 saturated heterocycles. The number of nitrogens with zero attached hydrogens (tertiary/aromatic N) is 1. The molecule has 1 fully saturated rings. The smallest absolute Gasteiger partial charge is 0.308 e. The quantitative estimate of drug-likeness (QED) is 0.147. The lowest BCUT2D eigenvalue weighted by atomic mass is 10.1. The highest BCUT2D eigenvalue weighted by Gasteiger charge is 2.34. The van der Waals surface area contributed by atoms with Crippen molar-refractivity contribution >= 4 is 41.2 Å². The zero-order valence-electron chi connectivity index (χ0n) is 22.8. The topological polar surface area (TPSA) is 106 Å². The van der Waals surface area contributed by atoms with Crippen LogP contribution in [0.2, 0.25) is 0 Å². The summed E-state index contributed by atoms with van der Waals surface area (Å²) in [6.07, 6.45) is 12.0. The number of rotatable bonds is 15. The molecule has 10 heteroatoms. The van der Waals surface area contributed by atoms with Crippen LogP contribution >= 0.6 is 12.2 Å². The van der Waals surface area contributed by atoms with Gasteiger partial charge in [-0.2, -0.15) is 0 Å². The van der Waals surface area contributed by atoms with Gasteiger partial charge < -0.3 is 24.4 Å². The second-order valence-corrected chi connectivity index (χ2v) is 9.53. The molecule has 1 unspecified atom stereocenters. The Kier molecular flexibility index (Phi) is 14.2. The van der Waals surface area contributed by atoms with E-state index in [9.17, 15) is 14.4 Å². The number of thiocarbonyl (C=S) groups is 1. The Bertz CT molecular complexity index is 968. The number of benzene rings is 1. The first-order valence-electron chi connectivity index (χ1n) is 13.3. The molecule has 0 spiro atoms. The van der Waals surface area contributed by atoms with Crippen molar-refractivity contribution in [3.8, 4) is 11.5 Å². The summed E-state index contributed by atoms with van der Waals surface area (Å²) in [5.41, 5.74) is 0.734. The van der Waals surface area contributed by atoms with Crippen molar-refractivity contribution in [2.24, 2.45) is 0 Å². The van der Waals surface area contributed by atoms with Crippen molar-refractivity contribution in [2.45, 2.75) is 70.8 Å². The number of unbranched alkanes of at least 4 members (excludes halogenated alkanes) is 7. The maximum absolute atomic E-state index is 12.5. The molecule has 2 rings (SSSR count). The molecule has 38 heavy (non-hydrogen) atoms. The highest BCUT2D eigenvalue weighted by Crippen LogP contribution is 2.28. The van der Waals surface area contributed by atoms with Crippen molar-refractivity contribution in [2.75, 3.05) is 33.9 Å². The molecule has 210 valence electrons. The van der Waals surface area contributed by atoms with Crippen LogP contribution in [-0.4, -0.2) is 67.8 Å². The lowest BCUT2D eigenvalue weighted by Gasteiger charge is -2.36. The summed E-state index contributed by atoms with van der Waals surface area (Å²) >= 11 is 5.40. The van der Waals surface area contributed by atoms with Crippen LogP contribution in [0.3, 0.4) is 0 Å². The van der Waals surface area contributed by atoms with Gasteiger partial charge in [0.2, 0.25) is 11.8 Å². The van der Waals surface area contributed by atoms with Crippen LogP contribution in [0, 0.1) is 0 Å². The minimum absolute atomic E-state index is 0.0858. The Morgan fingerprint density at radius 3 is 2.45 bits per heavy atom. The summed E-state index contributed by atoms with van der Waals surface area (Å²) in [6.45, 7) is 3.28. The monoisotopic (exact) mass is 547 g/mol. The normalized spacial score (nSPS) is 15.2. The van der Waals surface area contributed by atoms with Crippen LogP contribution in [0.1, 0.15) is 70.3 Å². The fourth-order valence-corrected chi connectivity index (χ4v) is 4.47. The van der Waals surface area contributed by atoms with Gasteiger partial charge in [0.25, 0.3) is 0 Å². The molecule has 9 nitrogen and oxygen atoms in total. The van der Waals surface area contributed by atoms with E-state index in [0.29, 0.717) is 31.2 Å². The molecule has 1 aliphatic rings. The number of carbonyl (C=O) groups is 3. The highest BCUT2D eigenvalue weighted by molar-refractivity contribution is 7.80. The van der Waals surface area contributed by atoms with Gasteiger partial charge in [-0.1, -0.05) is 57.9 Å². The van der Waals surface area contributed by atoms with E-state index in [-0.39, 0.29) is 17.4 Å². The van der Waals surface area contributed by atoms with Crippen LogP contribution < -0.4 is 20.1 Å². The van der Waals surface area contributed by atoms with Gasteiger partial charge in [-0.25, -0.2) is 0 Å². The number of ether oxygens (including phenoxy) is 3. The summed E-state index contributed by atoms with van der Waals surface area (Å²) in [7, 11) is 3.08. The van der Waals surface area contributed by atoms with Crippen molar-refractivity contribution in [3.05, 3.63) is 29.8 Å². The van der Waals surface area contributed by atoms with Crippen LogP contribution in [0.5, 0.6) is 11.5 Å². The summed E-state index contributed by atoms with van der Waals surface area (Å²) in [5.74, 6) is -0.102. The highest BCUT2D eigenvalue weighted by atomic mass is 32.1. The zero-order valence-corrected chi connectivity index (χ0v) is 23.6. The molecule has 2 amide bonds. The van der Waals surface area contributed by atoms with Crippen molar-refractivity contribution in [3.63, 3.8) is 0 Å². The first kappa shape index (κ1) is 31.1. The van der Waals surface area contributed by atoms with Gasteiger partial charge in [-0.3, -0.25) is 19.7 Å². The van der Waals surface area contributed by atoms with Gasteiger partial charge in [0.1, 0.15) is 6.04 Å². The van der Waals surface area contributed by atoms with E-state index in [0.717, 1.165) is 24.8 Å². The van der Waals surface area contributed by atoms with E-state index >= 15 is 0 Å². The van der Waals surface area contributed by atoms with Gasteiger partial charge in [0, 0.05) is 19.2 Å². The molecule has 0 aromatic heterocycles. The molecule has 1 aliphatic heterocycles. The van der Waals surface area contributed by atoms with E-state index in [4.69, 9.17) is 26.4 Å². The molecule has 0 aliphatic carbocycles. The van der Waals surface area contributed by atoms with Crippen molar-refractivity contribution in [1.29, 1.82) is 0 Å². The Labute approximate surface area is 231 Å². The average molecular weight is 548 g/mol. The van der Waals surface area contributed by atoms with Gasteiger partial charge in [-0.05, 0) is 42.4 Å². The molecule has 0 saturated carbocycles. The van der Waals surface area contributed by atoms with E-state index < -0.39 is 17.9 Å². The molecule has 2 N–H and O–H groups in total. The van der Waals surface area contributed by atoms with Crippen LogP contribution in [0.25, 0.3) is 6.08 Å². The van der Waals surface area contributed by atoms with Gasteiger partial charge >= 0.3 is 5.97 Å². The van der Waals surface area contributed by atoms with Crippen LogP contribution in [-0.2, 0) is 19.1 Å². The van der Waals surface area contributed by atoms with E-state index in [1.807, 2.05) is 0 Å². The lowest BCUT2D eigenvalue weighted by molar-refractivity contribution is -0.147. The first-order chi connectivity index (χ1) is 18.4. The van der Waals surface area contributed by atoms with Crippen LogP contribution in [0.15, 0.2) is 24.3 Å². The number of piperazine rings is 1. The Balaban J connectivity index is 1.82. The first-order valence-corrected chi connectivity index (χ1v) is 13.8. The molecule has 1 atom stereocenters. The number of hydrogen-bond acceptors (Lipinski definition) is 7. The standard InChI is InChI=1S/C28H41N3O6S/c1-4-5-6-7-8-9-10-11-18-37-26(33)20-22-27(34)29-16-17-31(22)28(38)30-25(32)15-13-21-12-14-23(35-2)24(19-21)36-3/h12-15,19,22H,4-11,16-18,20H2,1-3H3,(H,29,34)(H,30,32,38)/b15-13+. The molecular formula is C28H41N3O6S. The summed E-state index contributed by atoms with van der Waals surface area (Å²) in [5, 5.41) is 5.46. The average Bonchev–Trinajstić information content (AvgIpc) is 2.91. The van der Waals surface area contributed by atoms with E-state index in [2.05, 4.69) is 17.6 Å². The molecule has 1 aromatic carbocycles. The Morgan fingerprint density at radius 1 is 1.08 bits per heavy atom. The van der Waals surface area contributed by atoms with Gasteiger partial charge in [0.15, 0.2) is 16.6 Å². The fourth-order valence-electron chi connectivity index (χ4n) is 4.15.